The van der Waals surface area contributed by atoms with Crippen LogP contribution in [0, 0.1) is 5.92 Å². The Kier molecular flexibility index (Phi) is 3.46. The molecule has 2 rings (SSSR count). The van der Waals surface area contributed by atoms with Crippen molar-refractivity contribution in [2.45, 2.75) is 45.2 Å². The Hall–Kier alpha value is -0.610. The number of hydrogen-bond donors (Lipinski definition) is 1. The largest absolute Gasteiger partial charge is 0.342 e. The quantitative estimate of drug-likeness (QED) is 0.731. The van der Waals surface area contributed by atoms with E-state index in [1.807, 2.05) is 4.90 Å². The van der Waals surface area contributed by atoms with Crippen LogP contribution < -0.4 is 5.73 Å². The fourth-order valence-electron chi connectivity index (χ4n) is 2.81. The minimum absolute atomic E-state index is 0.00215. The van der Waals surface area contributed by atoms with E-state index in [4.69, 9.17) is 5.73 Å². The highest BCUT2D eigenvalue weighted by Gasteiger charge is 2.41. The first-order valence-electron chi connectivity index (χ1n) is 6.69. The molecule has 2 aliphatic rings. The highest BCUT2D eigenvalue weighted by atomic mass is 16.2. The van der Waals surface area contributed by atoms with Crippen molar-refractivity contribution >= 4 is 5.91 Å². The topological polar surface area (TPSA) is 49.6 Å². The van der Waals surface area contributed by atoms with Crippen LogP contribution in [0.2, 0.25) is 0 Å². The minimum Gasteiger partial charge on any atom is -0.342 e. The fourth-order valence-corrected chi connectivity index (χ4v) is 2.81. The van der Waals surface area contributed by atoms with E-state index in [1.54, 1.807) is 0 Å². The molecule has 1 amide bonds. The zero-order valence-corrected chi connectivity index (χ0v) is 11.3. The summed E-state index contributed by atoms with van der Waals surface area (Å²) in [4.78, 5) is 16.7. The molecule has 4 heteroatoms. The van der Waals surface area contributed by atoms with Crippen LogP contribution in [-0.4, -0.2) is 53.5 Å². The molecule has 0 saturated carbocycles. The van der Waals surface area contributed by atoms with Gasteiger partial charge in [0, 0.05) is 37.8 Å². The Morgan fingerprint density at radius 2 is 1.76 bits per heavy atom. The van der Waals surface area contributed by atoms with Crippen LogP contribution in [0.4, 0.5) is 0 Å². The predicted molar refractivity (Wildman–Crippen MR) is 68.6 cm³/mol. The summed E-state index contributed by atoms with van der Waals surface area (Å²) < 4.78 is 0. The number of carbonyl (C=O) groups excluding carboxylic acids is 1. The summed E-state index contributed by atoms with van der Waals surface area (Å²) in [7, 11) is 0. The zero-order valence-electron chi connectivity index (χ0n) is 11.3. The maximum atomic E-state index is 12.3. The molecule has 2 heterocycles. The third kappa shape index (κ3) is 2.63. The van der Waals surface area contributed by atoms with Gasteiger partial charge >= 0.3 is 0 Å². The van der Waals surface area contributed by atoms with Gasteiger partial charge in [-0.3, -0.25) is 9.69 Å². The second kappa shape index (κ2) is 4.58. The molecule has 2 fully saturated rings. The first kappa shape index (κ1) is 12.8. The molecule has 2 atom stereocenters. The molecule has 0 unspecified atom stereocenters. The monoisotopic (exact) mass is 239 g/mol. The normalized spacial score (nSPS) is 31.2. The van der Waals surface area contributed by atoms with E-state index in [0.717, 1.165) is 39.0 Å². The van der Waals surface area contributed by atoms with Gasteiger partial charge in [0.2, 0.25) is 5.91 Å². The van der Waals surface area contributed by atoms with Crippen LogP contribution in [0.15, 0.2) is 0 Å². The smallest absolute Gasteiger partial charge is 0.228 e. The van der Waals surface area contributed by atoms with Crippen molar-refractivity contribution in [3.05, 3.63) is 0 Å². The summed E-state index contributed by atoms with van der Waals surface area (Å²) in [5.74, 6) is 0.286. The van der Waals surface area contributed by atoms with Crippen LogP contribution in [0.3, 0.4) is 0 Å². The van der Waals surface area contributed by atoms with Gasteiger partial charge < -0.3 is 10.6 Å². The maximum absolute atomic E-state index is 12.3. The van der Waals surface area contributed by atoms with Gasteiger partial charge in [-0.15, -0.1) is 0 Å². The average molecular weight is 239 g/mol. The first-order chi connectivity index (χ1) is 7.89. The minimum atomic E-state index is 0.00215. The van der Waals surface area contributed by atoms with Gasteiger partial charge in [-0.05, 0) is 33.6 Å². The highest BCUT2D eigenvalue weighted by Crippen LogP contribution is 2.26. The van der Waals surface area contributed by atoms with Crippen LogP contribution in [0.25, 0.3) is 0 Å². The number of nitrogens with two attached hydrogens (primary N) is 1. The number of hydrogen-bond acceptors (Lipinski definition) is 3. The fraction of sp³-hybridized carbons (Fsp3) is 0.923. The molecule has 98 valence electrons. The second-order valence-corrected chi connectivity index (χ2v) is 6.38. The molecule has 0 spiro atoms. The second-order valence-electron chi connectivity index (χ2n) is 6.38. The van der Waals surface area contributed by atoms with Gasteiger partial charge in [-0.1, -0.05) is 0 Å². The molecule has 17 heavy (non-hydrogen) atoms. The molecule has 4 nitrogen and oxygen atoms in total. The van der Waals surface area contributed by atoms with Crippen molar-refractivity contribution in [2.75, 3.05) is 26.2 Å². The van der Waals surface area contributed by atoms with Gasteiger partial charge in [-0.25, -0.2) is 0 Å². The van der Waals surface area contributed by atoms with Gasteiger partial charge in [0.05, 0.1) is 5.92 Å². The summed E-state index contributed by atoms with van der Waals surface area (Å²) in [6.45, 7) is 10.1. The Bertz CT molecular complexity index is 292. The maximum Gasteiger partial charge on any atom is 0.228 e. The van der Waals surface area contributed by atoms with Gasteiger partial charge in [0.15, 0.2) is 0 Å². The molecule has 0 aromatic carbocycles. The third-order valence-electron chi connectivity index (χ3n) is 4.05. The Morgan fingerprint density at radius 3 is 2.24 bits per heavy atom. The summed E-state index contributed by atoms with van der Waals surface area (Å²) >= 11 is 0. The molecule has 0 bridgehead atoms. The van der Waals surface area contributed by atoms with Gasteiger partial charge in [0.25, 0.3) is 0 Å². The lowest BCUT2D eigenvalue weighted by atomic mass is 10.0. The SMILES string of the molecule is CC(C)(C)N1C[C@H](N)[C@H](C(=O)N2CCCC2)C1. The van der Waals surface area contributed by atoms with Crippen molar-refractivity contribution in [1.29, 1.82) is 0 Å². The molecule has 0 aromatic heterocycles. The first-order valence-corrected chi connectivity index (χ1v) is 6.69. The Morgan fingerprint density at radius 1 is 1.18 bits per heavy atom. The average Bonchev–Trinajstić information content (AvgIpc) is 2.83. The number of nitrogens with zero attached hydrogens (tertiary/aromatic N) is 2. The lowest BCUT2D eigenvalue weighted by molar-refractivity contribution is -0.134. The van der Waals surface area contributed by atoms with Crippen LogP contribution in [-0.2, 0) is 4.79 Å². The molecule has 2 N–H and O–H groups in total. The van der Waals surface area contributed by atoms with Crippen molar-refractivity contribution in [3.8, 4) is 0 Å². The summed E-state index contributed by atoms with van der Waals surface area (Å²) in [6, 6.07) is 0.00215. The summed E-state index contributed by atoms with van der Waals surface area (Å²) in [6.07, 6.45) is 2.30. The number of amides is 1. The molecule has 0 aromatic rings. The summed E-state index contributed by atoms with van der Waals surface area (Å²) in [5, 5.41) is 0. The molecule has 0 radical (unpaired) electrons. The van der Waals surface area contributed by atoms with E-state index in [0.29, 0.717) is 0 Å². The van der Waals surface area contributed by atoms with E-state index < -0.39 is 0 Å². The lowest BCUT2D eigenvalue weighted by Gasteiger charge is -2.31. The molecular formula is C13H25N3O. The molecule has 2 saturated heterocycles. The lowest BCUT2D eigenvalue weighted by Crippen LogP contribution is -2.42. The third-order valence-corrected chi connectivity index (χ3v) is 4.05. The van der Waals surface area contributed by atoms with Crippen molar-refractivity contribution in [1.82, 2.24) is 9.80 Å². The molecule has 0 aliphatic carbocycles. The summed E-state index contributed by atoms with van der Waals surface area (Å²) in [5.41, 5.74) is 6.25. The van der Waals surface area contributed by atoms with E-state index in [2.05, 4.69) is 25.7 Å². The Labute approximate surface area is 104 Å². The van der Waals surface area contributed by atoms with Crippen molar-refractivity contribution in [2.24, 2.45) is 11.7 Å². The van der Waals surface area contributed by atoms with Crippen molar-refractivity contribution < 1.29 is 4.79 Å². The number of carbonyl (C=O) groups is 1. The number of rotatable bonds is 1. The molecular weight excluding hydrogens is 214 g/mol. The van der Waals surface area contributed by atoms with E-state index >= 15 is 0 Å². The predicted octanol–water partition coefficient (Wildman–Crippen LogP) is 0.666. The number of likely N-dealkylation sites (tertiary alicyclic amines) is 2. The van der Waals surface area contributed by atoms with Gasteiger partial charge in [0.1, 0.15) is 0 Å². The Balaban J connectivity index is 2.00. The van der Waals surface area contributed by atoms with Crippen LogP contribution in [0.5, 0.6) is 0 Å². The highest BCUT2D eigenvalue weighted by molar-refractivity contribution is 5.80. The van der Waals surface area contributed by atoms with E-state index in [-0.39, 0.29) is 23.4 Å². The van der Waals surface area contributed by atoms with Crippen LogP contribution in [0.1, 0.15) is 33.6 Å². The zero-order chi connectivity index (χ0) is 12.6. The van der Waals surface area contributed by atoms with Crippen molar-refractivity contribution in [3.63, 3.8) is 0 Å². The van der Waals surface area contributed by atoms with E-state index in [9.17, 15) is 4.79 Å². The van der Waals surface area contributed by atoms with Gasteiger partial charge in [-0.2, -0.15) is 0 Å². The molecule has 2 aliphatic heterocycles. The van der Waals surface area contributed by atoms with Crippen LogP contribution >= 0.6 is 0 Å². The standard InChI is InChI=1S/C13H25N3O/c1-13(2,3)16-8-10(11(14)9-16)12(17)15-6-4-5-7-15/h10-11H,4-9,14H2,1-3H3/t10-,11+/m1/s1. The van der Waals surface area contributed by atoms with E-state index in [1.165, 1.54) is 0 Å².